The molecule has 3 heteroatoms. The molecule has 0 radical (unpaired) electrons. The summed E-state index contributed by atoms with van der Waals surface area (Å²) in [4.78, 5) is 0. The van der Waals surface area contributed by atoms with Crippen molar-refractivity contribution in [1.29, 1.82) is 0 Å². The molecule has 2 rings (SSSR count). The number of thioether (sulfide) groups is 1. The van der Waals surface area contributed by atoms with Gasteiger partial charge in [0, 0.05) is 10.0 Å². The van der Waals surface area contributed by atoms with Gasteiger partial charge in [-0.1, -0.05) is 72.4 Å². The molecule has 0 fully saturated rings. The van der Waals surface area contributed by atoms with E-state index in [0.717, 1.165) is 22.9 Å². The highest BCUT2D eigenvalue weighted by atomic mass is 35.5. The van der Waals surface area contributed by atoms with Crippen LogP contribution in [0.3, 0.4) is 0 Å². The number of hydrogen-bond acceptors (Lipinski definition) is 1. The maximum absolute atomic E-state index is 6.18. The Kier molecular flexibility index (Phi) is 10.5. The number of hydrogen-bond donors (Lipinski definition) is 0. The summed E-state index contributed by atoms with van der Waals surface area (Å²) in [6, 6.07) is 16.4. The molecule has 0 heterocycles. The molecule has 0 saturated carbocycles. The second-order valence-corrected chi connectivity index (χ2v) is 8.46. The Morgan fingerprint density at radius 3 is 1.44 bits per heavy atom. The zero-order valence-electron chi connectivity index (χ0n) is 14.9. The van der Waals surface area contributed by atoms with Crippen LogP contribution in [0.25, 0.3) is 0 Å². The van der Waals surface area contributed by atoms with Crippen molar-refractivity contribution in [3.05, 3.63) is 69.7 Å². The van der Waals surface area contributed by atoms with Crippen molar-refractivity contribution >= 4 is 35.0 Å². The van der Waals surface area contributed by atoms with Crippen molar-refractivity contribution in [1.82, 2.24) is 0 Å². The quantitative estimate of drug-likeness (QED) is 0.330. The summed E-state index contributed by atoms with van der Waals surface area (Å²) < 4.78 is 0. The van der Waals surface area contributed by atoms with Crippen LogP contribution in [-0.4, -0.2) is 11.5 Å². The number of benzene rings is 2. The summed E-state index contributed by atoms with van der Waals surface area (Å²) in [5.41, 5.74) is 2.57. The smallest absolute Gasteiger partial charge is 0.0437 e. The minimum absolute atomic E-state index is 0.911. The summed E-state index contributed by atoms with van der Waals surface area (Å²) >= 11 is 14.5. The Balaban J connectivity index is 1.40. The van der Waals surface area contributed by atoms with Crippen LogP contribution in [0.2, 0.25) is 10.0 Å². The Labute approximate surface area is 167 Å². The zero-order valence-corrected chi connectivity index (χ0v) is 17.2. The van der Waals surface area contributed by atoms with Gasteiger partial charge >= 0.3 is 0 Å². The first-order chi connectivity index (χ1) is 12.3. The lowest BCUT2D eigenvalue weighted by atomic mass is 10.1. The third-order valence-electron chi connectivity index (χ3n) is 4.39. The van der Waals surface area contributed by atoms with E-state index in [4.69, 9.17) is 23.2 Å². The van der Waals surface area contributed by atoms with Crippen LogP contribution in [0.1, 0.15) is 49.7 Å². The van der Waals surface area contributed by atoms with Crippen molar-refractivity contribution < 1.29 is 0 Å². The van der Waals surface area contributed by atoms with Gasteiger partial charge in [0.05, 0.1) is 0 Å². The first-order valence-corrected chi connectivity index (χ1v) is 11.2. The molecule has 0 aliphatic carbocycles. The molecular formula is C22H28Cl2S. The van der Waals surface area contributed by atoms with Gasteiger partial charge in [0.1, 0.15) is 0 Å². The van der Waals surface area contributed by atoms with Gasteiger partial charge < -0.3 is 0 Å². The van der Waals surface area contributed by atoms with E-state index >= 15 is 0 Å². The van der Waals surface area contributed by atoms with E-state index in [1.807, 2.05) is 24.3 Å². The van der Waals surface area contributed by atoms with Crippen LogP contribution in [0.4, 0.5) is 0 Å². The number of aryl methyl sites for hydroxylation is 2. The van der Waals surface area contributed by atoms with E-state index in [1.165, 1.54) is 61.2 Å². The highest BCUT2D eigenvalue weighted by molar-refractivity contribution is 7.99. The van der Waals surface area contributed by atoms with Crippen molar-refractivity contribution in [2.24, 2.45) is 0 Å². The Hall–Kier alpha value is -0.630. The lowest BCUT2D eigenvalue weighted by Gasteiger charge is -2.05. The molecule has 2 aromatic carbocycles. The maximum atomic E-state index is 6.18. The SMILES string of the molecule is Clc1ccccc1CCCCCSCCCCCc1ccccc1Cl. The largest absolute Gasteiger partial charge is 0.162 e. The molecular weight excluding hydrogens is 367 g/mol. The molecule has 0 saturated heterocycles. The Morgan fingerprint density at radius 1 is 0.560 bits per heavy atom. The summed E-state index contributed by atoms with van der Waals surface area (Å²) in [6.07, 6.45) is 9.90. The first kappa shape index (κ1) is 20.7. The molecule has 0 unspecified atom stereocenters. The van der Waals surface area contributed by atoms with Crippen LogP contribution in [0.15, 0.2) is 48.5 Å². The van der Waals surface area contributed by atoms with E-state index in [9.17, 15) is 0 Å². The Bertz CT molecular complexity index is 559. The number of rotatable bonds is 12. The van der Waals surface area contributed by atoms with Gasteiger partial charge in [-0.2, -0.15) is 11.8 Å². The molecule has 0 aromatic heterocycles. The van der Waals surface area contributed by atoms with Gasteiger partial charge in [-0.25, -0.2) is 0 Å². The minimum Gasteiger partial charge on any atom is -0.162 e. The van der Waals surface area contributed by atoms with Crippen molar-refractivity contribution in [2.45, 2.75) is 51.4 Å². The van der Waals surface area contributed by atoms with Gasteiger partial charge in [-0.15, -0.1) is 0 Å². The third kappa shape index (κ3) is 8.53. The Morgan fingerprint density at radius 2 is 1.00 bits per heavy atom. The zero-order chi connectivity index (χ0) is 17.7. The minimum atomic E-state index is 0.911. The van der Waals surface area contributed by atoms with E-state index in [2.05, 4.69) is 36.0 Å². The molecule has 0 spiro atoms. The van der Waals surface area contributed by atoms with Crippen molar-refractivity contribution in [2.75, 3.05) is 11.5 Å². The average Bonchev–Trinajstić information content (AvgIpc) is 2.62. The predicted octanol–water partition coefficient (Wildman–Crippen LogP) is 7.85. The number of unbranched alkanes of at least 4 members (excludes halogenated alkanes) is 4. The normalized spacial score (nSPS) is 11.0. The van der Waals surface area contributed by atoms with Gasteiger partial charge in [0.25, 0.3) is 0 Å². The third-order valence-corrected chi connectivity index (χ3v) is 6.28. The van der Waals surface area contributed by atoms with Crippen LogP contribution in [0, 0.1) is 0 Å². The lowest BCUT2D eigenvalue weighted by Crippen LogP contribution is -1.90. The molecule has 25 heavy (non-hydrogen) atoms. The van der Waals surface area contributed by atoms with Gasteiger partial charge in [-0.05, 0) is 73.3 Å². The molecule has 0 atom stereocenters. The molecule has 0 aliphatic heterocycles. The van der Waals surface area contributed by atoms with Gasteiger partial charge in [-0.3, -0.25) is 0 Å². The van der Waals surface area contributed by atoms with Gasteiger partial charge in [0.15, 0.2) is 0 Å². The first-order valence-electron chi connectivity index (χ1n) is 9.32. The van der Waals surface area contributed by atoms with Crippen molar-refractivity contribution in [3.63, 3.8) is 0 Å². The van der Waals surface area contributed by atoms with E-state index in [1.54, 1.807) is 0 Å². The molecule has 136 valence electrons. The van der Waals surface area contributed by atoms with E-state index in [0.29, 0.717) is 0 Å². The lowest BCUT2D eigenvalue weighted by molar-refractivity contribution is 0.715. The second-order valence-electron chi connectivity index (χ2n) is 6.42. The maximum Gasteiger partial charge on any atom is 0.0437 e. The average molecular weight is 395 g/mol. The van der Waals surface area contributed by atoms with Gasteiger partial charge in [0.2, 0.25) is 0 Å². The highest BCUT2D eigenvalue weighted by Gasteiger charge is 2.00. The fourth-order valence-corrected chi connectivity index (χ4v) is 4.38. The number of halogens is 2. The second kappa shape index (κ2) is 12.7. The van der Waals surface area contributed by atoms with Crippen LogP contribution < -0.4 is 0 Å². The molecule has 0 amide bonds. The standard InChI is InChI=1S/C22H28Cl2S/c23-21-15-7-5-13-19(21)11-3-1-9-17-25-18-10-2-4-12-20-14-6-8-16-22(20)24/h5-8,13-16H,1-4,9-12,17-18H2. The van der Waals surface area contributed by atoms with E-state index in [-0.39, 0.29) is 0 Å². The topological polar surface area (TPSA) is 0 Å². The predicted molar refractivity (Wildman–Crippen MR) is 115 cm³/mol. The highest BCUT2D eigenvalue weighted by Crippen LogP contribution is 2.19. The summed E-state index contributed by atoms with van der Waals surface area (Å²) in [6.45, 7) is 0. The molecule has 2 aromatic rings. The molecule has 0 nitrogen and oxygen atoms in total. The summed E-state index contributed by atoms with van der Waals surface area (Å²) in [7, 11) is 0. The van der Waals surface area contributed by atoms with Crippen molar-refractivity contribution in [3.8, 4) is 0 Å². The van der Waals surface area contributed by atoms with Crippen LogP contribution in [-0.2, 0) is 12.8 Å². The van der Waals surface area contributed by atoms with Crippen LogP contribution in [0.5, 0.6) is 0 Å². The molecule has 0 aliphatic rings. The molecule has 0 N–H and O–H groups in total. The molecule has 0 bridgehead atoms. The van der Waals surface area contributed by atoms with Crippen LogP contribution >= 0.6 is 35.0 Å². The fraction of sp³-hybridized carbons (Fsp3) is 0.455. The summed E-state index contributed by atoms with van der Waals surface area (Å²) in [5.74, 6) is 2.57. The monoisotopic (exact) mass is 394 g/mol. The fourth-order valence-electron chi connectivity index (χ4n) is 2.90. The van der Waals surface area contributed by atoms with E-state index < -0.39 is 0 Å². The summed E-state index contributed by atoms with van der Waals surface area (Å²) in [5, 5.41) is 1.82.